The van der Waals surface area contributed by atoms with E-state index >= 15 is 0 Å². The largest absolute Gasteiger partial charge is 0.349 e. The molecule has 2 aliphatic heterocycles. The number of hydrogen-bond donors (Lipinski definition) is 1. The Morgan fingerprint density at radius 1 is 1.33 bits per heavy atom. The van der Waals surface area contributed by atoms with Gasteiger partial charge in [-0.25, -0.2) is 0 Å². The normalized spacial score (nSPS) is 33.9. The van der Waals surface area contributed by atoms with Gasteiger partial charge in [0, 0.05) is 6.54 Å². The van der Waals surface area contributed by atoms with E-state index in [1.54, 1.807) is 0 Å². The van der Waals surface area contributed by atoms with Gasteiger partial charge in [-0.1, -0.05) is 30.3 Å². The van der Waals surface area contributed by atoms with E-state index in [2.05, 4.69) is 5.32 Å². The molecule has 2 saturated heterocycles. The molecule has 2 atom stereocenters. The Kier molecular flexibility index (Phi) is 1.81. The molecular weight excluding hydrogens is 194 g/mol. The number of ether oxygens (including phenoxy) is 2. The zero-order chi connectivity index (χ0) is 10.3. The van der Waals surface area contributed by atoms with E-state index in [0.717, 1.165) is 5.56 Å². The lowest BCUT2D eigenvalue weighted by Crippen LogP contribution is -2.47. The highest BCUT2D eigenvalue weighted by Gasteiger charge is 2.66. The van der Waals surface area contributed by atoms with Gasteiger partial charge >= 0.3 is 0 Å². The summed E-state index contributed by atoms with van der Waals surface area (Å²) in [5.74, 6) is -1.21. The maximum atomic E-state index is 11.6. The summed E-state index contributed by atoms with van der Waals surface area (Å²) in [6.45, 7) is 1.07. The van der Waals surface area contributed by atoms with Crippen molar-refractivity contribution in [2.24, 2.45) is 0 Å². The SMILES string of the molecule is O=C1NCCO[C@]12O[C@@H]2c1ccccc1. The molecule has 78 valence electrons. The van der Waals surface area contributed by atoms with Gasteiger partial charge in [0.05, 0.1) is 6.61 Å². The van der Waals surface area contributed by atoms with Crippen LogP contribution in [0.5, 0.6) is 0 Å². The van der Waals surface area contributed by atoms with Crippen LogP contribution in [0.25, 0.3) is 0 Å². The third-order valence-corrected chi connectivity index (χ3v) is 2.70. The minimum atomic E-state index is -1.04. The maximum Gasteiger partial charge on any atom is 0.283 e. The Bertz CT molecular complexity index is 392. The van der Waals surface area contributed by atoms with Crippen molar-refractivity contribution in [3.05, 3.63) is 35.9 Å². The highest BCUT2D eigenvalue weighted by Crippen LogP contribution is 2.51. The minimum Gasteiger partial charge on any atom is -0.349 e. The molecule has 1 spiro atoms. The second-order valence-electron chi connectivity index (χ2n) is 3.68. The molecule has 2 heterocycles. The van der Waals surface area contributed by atoms with Crippen molar-refractivity contribution in [2.75, 3.05) is 13.2 Å². The highest BCUT2D eigenvalue weighted by atomic mass is 16.8. The highest BCUT2D eigenvalue weighted by molar-refractivity contribution is 5.87. The molecule has 0 saturated carbocycles. The first kappa shape index (κ1) is 8.88. The van der Waals surface area contributed by atoms with Gasteiger partial charge in [0.15, 0.2) is 6.10 Å². The Morgan fingerprint density at radius 3 is 2.87 bits per heavy atom. The van der Waals surface area contributed by atoms with E-state index < -0.39 is 5.79 Å². The van der Waals surface area contributed by atoms with Crippen molar-refractivity contribution >= 4 is 5.91 Å². The van der Waals surface area contributed by atoms with Crippen molar-refractivity contribution < 1.29 is 14.3 Å². The van der Waals surface area contributed by atoms with Crippen LogP contribution in [0.15, 0.2) is 30.3 Å². The number of amides is 1. The van der Waals surface area contributed by atoms with Gasteiger partial charge in [-0.3, -0.25) is 4.79 Å². The first-order valence-corrected chi connectivity index (χ1v) is 4.98. The van der Waals surface area contributed by atoms with E-state index in [1.807, 2.05) is 30.3 Å². The van der Waals surface area contributed by atoms with Gasteiger partial charge < -0.3 is 14.8 Å². The molecule has 0 aromatic heterocycles. The Labute approximate surface area is 87.2 Å². The zero-order valence-corrected chi connectivity index (χ0v) is 8.10. The molecule has 4 heteroatoms. The van der Waals surface area contributed by atoms with Crippen LogP contribution in [0, 0.1) is 0 Å². The minimum absolute atomic E-state index is 0.164. The summed E-state index contributed by atoms with van der Waals surface area (Å²) in [4.78, 5) is 11.6. The van der Waals surface area contributed by atoms with Crippen molar-refractivity contribution in [3.63, 3.8) is 0 Å². The van der Waals surface area contributed by atoms with Crippen LogP contribution >= 0.6 is 0 Å². The summed E-state index contributed by atoms with van der Waals surface area (Å²) in [7, 11) is 0. The molecule has 4 nitrogen and oxygen atoms in total. The number of carbonyl (C=O) groups is 1. The summed E-state index contributed by atoms with van der Waals surface area (Å²) in [6, 6.07) is 9.65. The predicted molar refractivity (Wildman–Crippen MR) is 52.0 cm³/mol. The number of benzene rings is 1. The van der Waals surface area contributed by atoms with E-state index in [4.69, 9.17) is 9.47 Å². The molecule has 2 aliphatic rings. The summed E-state index contributed by atoms with van der Waals surface area (Å²) in [6.07, 6.45) is -0.251. The zero-order valence-electron chi connectivity index (χ0n) is 8.10. The summed E-state index contributed by atoms with van der Waals surface area (Å²) in [5.41, 5.74) is 0.981. The molecule has 2 fully saturated rings. The molecule has 1 N–H and O–H groups in total. The topological polar surface area (TPSA) is 50.9 Å². The quantitative estimate of drug-likeness (QED) is 0.683. The molecule has 1 aromatic carbocycles. The van der Waals surface area contributed by atoms with Gasteiger partial charge in [-0.05, 0) is 5.56 Å². The van der Waals surface area contributed by atoms with Crippen LogP contribution in [-0.4, -0.2) is 24.8 Å². The standard InChI is InChI=1S/C11H11NO3/c13-10-11(14-7-6-12-10)9(15-11)8-4-2-1-3-5-8/h1-5,9H,6-7H2,(H,12,13)/t9-,11-/m1/s1. The van der Waals surface area contributed by atoms with E-state index in [9.17, 15) is 4.79 Å². The van der Waals surface area contributed by atoms with Crippen molar-refractivity contribution in [1.82, 2.24) is 5.32 Å². The molecule has 0 bridgehead atoms. The van der Waals surface area contributed by atoms with Gasteiger partial charge in [-0.2, -0.15) is 0 Å². The monoisotopic (exact) mass is 205 g/mol. The molecule has 3 rings (SSSR count). The van der Waals surface area contributed by atoms with Crippen LogP contribution in [0.2, 0.25) is 0 Å². The number of carbonyl (C=O) groups excluding carboxylic acids is 1. The van der Waals surface area contributed by atoms with Crippen molar-refractivity contribution in [3.8, 4) is 0 Å². The van der Waals surface area contributed by atoms with E-state index in [1.165, 1.54) is 0 Å². The number of nitrogens with one attached hydrogen (secondary N) is 1. The first-order chi connectivity index (χ1) is 7.33. The average Bonchev–Trinajstić information content (AvgIpc) is 3.00. The Hall–Kier alpha value is -1.39. The third kappa shape index (κ3) is 1.26. The van der Waals surface area contributed by atoms with Crippen LogP contribution in [-0.2, 0) is 14.3 Å². The predicted octanol–water partition coefficient (Wildman–Crippen LogP) is 0.601. The summed E-state index contributed by atoms with van der Waals surface area (Å²) in [5, 5.41) is 2.75. The number of rotatable bonds is 1. The number of hydrogen-bond acceptors (Lipinski definition) is 3. The van der Waals surface area contributed by atoms with Crippen LogP contribution < -0.4 is 5.32 Å². The molecule has 15 heavy (non-hydrogen) atoms. The van der Waals surface area contributed by atoms with Gasteiger partial charge in [0.25, 0.3) is 11.7 Å². The Balaban J connectivity index is 1.85. The fourth-order valence-corrected chi connectivity index (χ4v) is 1.89. The van der Waals surface area contributed by atoms with E-state index in [-0.39, 0.29) is 12.0 Å². The molecule has 1 amide bonds. The van der Waals surface area contributed by atoms with Crippen LogP contribution in [0.4, 0.5) is 0 Å². The number of epoxide rings is 1. The molecular formula is C11H11NO3. The van der Waals surface area contributed by atoms with Gasteiger partial charge in [-0.15, -0.1) is 0 Å². The lowest BCUT2D eigenvalue weighted by molar-refractivity contribution is -0.153. The Morgan fingerprint density at radius 2 is 2.13 bits per heavy atom. The fourth-order valence-electron chi connectivity index (χ4n) is 1.89. The van der Waals surface area contributed by atoms with E-state index in [0.29, 0.717) is 13.2 Å². The molecule has 1 aromatic rings. The third-order valence-electron chi connectivity index (χ3n) is 2.70. The molecule has 0 radical (unpaired) electrons. The lowest BCUT2D eigenvalue weighted by atomic mass is 10.1. The first-order valence-electron chi connectivity index (χ1n) is 4.98. The summed E-state index contributed by atoms with van der Waals surface area (Å²) < 4.78 is 10.8. The second kappa shape index (κ2) is 3.05. The molecule has 0 unspecified atom stereocenters. The van der Waals surface area contributed by atoms with Crippen LogP contribution in [0.1, 0.15) is 11.7 Å². The summed E-state index contributed by atoms with van der Waals surface area (Å²) >= 11 is 0. The second-order valence-corrected chi connectivity index (χ2v) is 3.68. The smallest absolute Gasteiger partial charge is 0.283 e. The number of morpholine rings is 1. The fraction of sp³-hybridized carbons (Fsp3) is 0.364. The van der Waals surface area contributed by atoms with Crippen molar-refractivity contribution in [2.45, 2.75) is 11.9 Å². The van der Waals surface area contributed by atoms with Gasteiger partial charge in [0.2, 0.25) is 0 Å². The maximum absolute atomic E-state index is 11.6. The van der Waals surface area contributed by atoms with Crippen LogP contribution in [0.3, 0.4) is 0 Å². The lowest BCUT2D eigenvalue weighted by Gasteiger charge is -2.19. The molecule has 0 aliphatic carbocycles. The van der Waals surface area contributed by atoms with Gasteiger partial charge in [0.1, 0.15) is 0 Å². The van der Waals surface area contributed by atoms with Crippen molar-refractivity contribution in [1.29, 1.82) is 0 Å². The average molecular weight is 205 g/mol.